The molecule has 22 heavy (non-hydrogen) atoms. The summed E-state index contributed by atoms with van der Waals surface area (Å²) in [6.07, 6.45) is 0.779. The molecule has 1 saturated heterocycles. The fourth-order valence-electron chi connectivity index (χ4n) is 2.76. The summed E-state index contributed by atoms with van der Waals surface area (Å²) in [5.41, 5.74) is 0. The van der Waals surface area contributed by atoms with Crippen LogP contribution in [0.1, 0.15) is 19.1 Å². The van der Waals surface area contributed by atoms with Crippen LogP contribution in [-0.2, 0) is 9.53 Å². The Morgan fingerprint density at radius 2 is 2.18 bits per heavy atom. The van der Waals surface area contributed by atoms with E-state index in [0.29, 0.717) is 11.6 Å². The molecule has 1 aromatic heterocycles. The Kier molecular flexibility index (Phi) is 6.35. The van der Waals surface area contributed by atoms with E-state index in [-0.39, 0.29) is 11.9 Å². The molecule has 0 radical (unpaired) electrons. The number of rotatable bonds is 7. The molecule has 0 spiro atoms. The van der Waals surface area contributed by atoms with Crippen LogP contribution >= 0.6 is 0 Å². The van der Waals surface area contributed by atoms with Crippen molar-refractivity contribution in [3.8, 4) is 0 Å². The molecule has 2 rings (SSSR count). The largest absolute Gasteiger partial charge is 0.383 e. The smallest absolute Gasteiger partial charge is 0.242 e. The second-order valence-corrected chi connectivity index (χ2v) is 5.61. The molecule has 7 nitrogen and oxygen atoms in total. The number of carbonyl (C=O) groups is 1. The van der Waals surface area contributed by atoms with Gasteiger partial charge in [-0.05, 0) is 13.3 Å². The number of ether oxygens (including phenoxy) is 1. The van der Waals surface area contributed by atoms with E-state index in [1.807, 2.05) is 6.92 Å². The molecule has 0 aliphatic carbocycles. The van der Waals surface area contributed by atoms with Gasteiger partial charge in [0.15, 0.2) is 5.82 Å². The van der Waals surface area contributed by atoms with Crippen LogP contribution in [0.5, 0.6) is 0 Å². The van der Waals surface area contributed by atoms with Gasteiger partial charge in [-0.15, -0.1) is 0 Å². The van der Waals surface area contributed by atoms with Crippen LogP contribution in [-0.4, -0.2) is 73.3 Å². The number of piperazine rings is 1. The first-order valence-corrected chi connectivity index (χ1v) is 7.83. The van der Waals surface area contributed by atoms with Gasteiger partial charge in [0.05, 0.1) is 12.6 Å². The highest BCUT2D eigenvalue weighted by Crippen LogP contribution is 2.13. The van der Waals surface area contributed by atoms with Crippen LogP contribution in [0.3, 0.4) is 0 Å². The summed E-state index contributed by atoms with van der Waals surface area (Å²) in [5, 5.41) is 6.65. The van der Waals surface area contributed by atoms with E-state index in [1.165, 1.54) is 0 Å². The minimum Gasteiger partial charge on any atom is -0.383 e. The normalized spacial score (nSPS) is 18.3. The SMILES string of the molecule is CCC(C(=O)Nc1cc(C)on1)N1CCN(CCOC)CC1. The molecule has 124 valence electrons. The zero-order valence-corrected chi connectivity index (χ0v) is 13.7. The molecule has 1 aromatic rings. The Balaban J connectivity index is 1.85. The van der Waals surface area contributed by atoms with Crippen molar-refractivity contribution in [2.45, 2.75) is 26.3 Å². The number of anilines is 1. The molecular formula is C15H26N4O3. The Morgan fingerprint density at radius 1 is 1.45 bits per heavy atom. The molecule has 1 aliphatic rings. The van der Waals surface area contributed by atoms with Crippen molar-refractivity contribution in [2.75, 3.05) is 51.8 Å². The number of methoxy groups -OCH3 is 1. The summed E-state index contributed by atoms with van der Waals surface area (Å²) >= 11 is 0. The molecule has 0 aromatic carbocycles. The number of nitrogens with zero attached hydrogens (tertiary/aromatic N) is 3. The van der Waals surface area contributed by atoms with Crippen molar-refractivity contribution in [2.24, 2.45) is 0 Å². The molecule has 2 heterocycles. The van der Waals surface area contributed by atoms with Crippen LogP contribution in [0.25, 0.3) is 0 Å². The number of amides is 1. The molecule has 0 saturated carbocycles. The summed E-state index contributed by atoms with van der Waals surface area (Å²) in [6.45, 7) is 9.27. The first-order chi connectivity index (χ1) is 10.6. The summed E-state index contributed by atoms with van der Waals surface area (Å²) in [5.74, 6) is 1.16. The zero-order valence-electron chi connectivity index (χ0n) is 13.7. The van der Waals surface area contributed by atoms with Crippen molar-refractivity contribution in [1.29, 1.82) is 0 Å². The first kappa shape index (κ1) is 16.9. The van der Waals surface area contributed by atoms with E-state index in [1.54, 1.807) is 20.1 Å². The van der Waals surface area contributed by atoms with Gasteiger partial charge in [-0.25, -0.2) is 0 Å². The monoisotopic (exact) mass is 310 g/mol. The third-order valence-corrected chi connectivity index (χ3v) is 4.03. The molecule has 1 aliphatic heterocycles. The van der Waals surface area contributed by atoms with Crippen molar-refractivity contribution >= 4 is 11.7 Å². The summed E-state index contributed by atoms with van der Waals surface area (Å²) in [7, 11) is 1.72. The molecule has 1 atom stereocenters. The van der Waals surface area contributed by atoms with E-state index in [0.717, 1.165) is 45.8 Å². The average Bonchev–Trinajstić information content (AvgIpc) is 2.92. The average molecular weight is 310 g/mol. The van der Waals surface area contributed by atoms with E-state index in [4.69, 9.17) is 9.26 Å². The van der Waals surface area contributed by atoms with Gasteiger partial charge >= 0.3 is 0 Å². The number of nitrogens with one attached hydrogen (secondary N) is 1. The minimum atomic E-state index is -0.124. The number of aryl methyl sites for hydroxylation is 1. The van der Waals surface area contributed by atoms with E-state index in [9.17, 15) is 4.79 Å². The van der Waals surface area contributed by atoms with Crippen LogP contribution in [0.15, 0.2) is 10.6 Å². The fourth-order valence-corrected chi connectivity index (χ4v) is 2.76. The fraction of sp³-hybridized carbons (Fsp3) is 0.733. The van der Waals surface area contributed by atoms with E-state index >= 15 is 0 Å². The standard InChI is InChI=1S/C15H26N4O3/c1-4-13(15(20)16-14-11-12(2)22-17-14)19-7-5-18(6-8-19)9-10-21-3/h11,13H,4-10H2,1-3H3,(H,16,17,20). The quantitative estimate of drug-likeness (QED) is 0.809. The Hall–Kier alpha value is -1.44. The van der Waals surface area contributed by atoms with Crippen LogP contribution in [0, 0.1) is 6.92 Å². The lowest BCUT2D eigenvalue weighted by molar-refractivity contribution is -0.122. The highest BCUT2D eigenvalue weighted by atomic mass is 16.5. The lowest BCUT2D eigenvalue weighted by Gasteiger charge is -2.38. The van der Waals surface area contributed by atoms with Crippen LogP contribution in [0.4, 0.5) is 5.82 Å². The van der Waals surface area contributed by atoms with Gasteiger partial charge in [-0.1, -0.05) is 12.1 Å². The molecule has 0 bridgehead atoms. The highest BCUT2D eigenvalue weighted by molar-refractivity contribution is 5.93. The van der Waals surface area contributed by atoms with Gasteiger partial charge in [0.1, 0.15) is 5.76 Å². The Morgan fingerprint density at radius 3 is 2.73 bits per heavy atom. The van der Waals surface area contributed by atoms with Gasteiger partial charge in [0.25, 0.3) is 0 Å². The molecular weight excluding hydrogens is 284 g/mol. The molecule has 7 heteroatoms. The third-order valence-electron chi connectivity index (χ3n) is 4.03. The van der Waals surface area contributed by atoms with Crippen molar-refractivity contribution in [1.82, 2.24) is 15.0 Å². The van der Waals surface area contributed by atoms with Gasteiger partial charge in [-0.2, -0.15) is 0 Å². The van der Waals surface area contributed by atoms with Crippen LogP contribution < -0.4 is 5.32 Å². The Bertz CT molecular complexity index is 469. The van der Waals surface area contributed by atoms with Crippen molar-refractivity contribution in [3.63, 3.8) is 0 Å². The topological polar surface area (TPSA) is 70.8 Å². The summed E-state index contributed by atoms with van der Waals surface area (Å²) in [6, 6.07) is 1.61. The molecule has 1 fully saturated rings. The predicted molar refractivity (Wildman–Crippen MR) is 83.8 cm³/mol. The van der Waals surface area contributed by atoms with Crippen molar-refractivity contribution < 1.29 is 14.1 Å². The number of hydrogen-bond acceptors (Lipinski definition) is 6. The predicted octanol–water partition coefficient (Wildman–Crippen LogP) is 0.964. The van der Waals surface area contributed by atoms with E-state index in [2.05, 4.69) is 20.3 Å². The maximum Gasteiger partial charge on any atom is 0.242 e. The number of carbonyl (C=O) groups excluding carboxylic acids is 1. The third kappa shape index (κ3) is 4.53. The lowest BCUT2D eigenvalue weighted by atomic mass is 10.1. The summed E-state index contributed by atoms with van der Waals surface area (Å²) in [4.78, 5) is 17.0. The maximum atomic E-state index is 12.4. The molecule has 1 N–H and O–H groups in total. The summed E-state index contributed by atoms with van der Waals surface area (Å²) < 4.78 is 10.1. The number of aromatic nitrogens is 1. The van der Waals surface area contributed by atoms with E-state index < -0.39 is 0 Å². The second kappa shape index (κ2) is 8.26. The van der Waals surface area contributed by atoms with Gasteiger partial charge in [0, 0.05) is 45.9 Å². The second-order valence-electron chi connectivity index (χ2n) is 5.61. The van der Waals surface area contributed by atoms with Crippen LogP contribution in [0.2, 0.25) is 0 Å². The number of hydrogen-bond donors (Lipinski definition) is 1. The van der Waals surface area contributed by atoms with Gasteiger partial charge in [0.2, 0.25) is 5.91 Å². The highest BCUT2D eigenvalue weighted by Gasteiger charge is 2.28. The van der Waals surface area contributed by atoms with Gasteiger partial charge in [-0.3, -0.25) is 14.6 Å². The Labute approximate surface area is 131 Å². The molecule has 1 unspecified atom stereocenters. The lowest BCUT2D eigenvalue weighted by Crippen LogP contribution is -2.54. The zero-order chi connectivity index (χ0) is 15.9. The first-order valence-electron chi connectivity index (χ1n) is 7.83. The van der Waals surface area contributed by atoms with Crippen molar-refractivity contribution in [3.05, 3.63) is 11.8 Å². The minimum absolute atomic E-state index is 0.0128. The van der Waals surface area contributed by atoms with Gasteiger partial charge < -0.3 is 14.6 Å². The molecule has 1 amide bonds. The maximum absolute atomic E-state index is 12.4.